The van der Waals surface area contributed by atoms with Crippen molar-refractivity contribution in [1.29, 1.82) is 0 Å². The highest BCUT2D eigenvalue weighted by Gasteiger charge is 2.31. The molecule has 0 saturated heterocycles. The van der Waals surface area contributed by atoms with Crippen LogP contribution in [0.4, 0.5) is 11.5 Å². The van der Waals surface area contributed by atoms with Crippen LogP contribution in [0.25, 0.3) is 16.7 Å². The fourth-order valence-electron chi connectivity index (χ4n) is 2.52. The number of nitro benzene ring substituents is 1. The Hall–Kier alpha value is -2.90. The molecule has 0 aliphatic heterocycles. The predicted octanol–water partition coefficient (Wildman–Crippen LogP) is 2.12. The fourth-order valence-corrected chi connectivity index (χ4v) is 2.52. The van der Waals surface area contributed by atoms with Crippen LogP contribution in [-0.4, -0.2) is 24.9 Å². The number of nitrogens with zero attached hydrogens (tertiary/aromatic N) is 4. The van der Waals surface area contributed by atoms with Crippen LogP contribution in [0.3, 0.4) is 0 Å². The SMILES string of the molecule is Nc1[nH]nc2c1c(C1CC1)nn2-c1cccc([N+](=O)[O-])c1. The summed E-state index contributed by atoms with van der Waals surface area (Å²) >= 11 is 0. The summed E-state index contributed by atoms with van der Waals surface area (Å²) in [6.45, 7) is 0. The number of nitro groups is 1. The Morgan fingerprint density at radius 2 is 2.24 bits per heavy atom. The highest BCUT2D eigenvalue weighted by Crippen LogP contribution is 2.43. The smallest absolute Gasteiger partial charge is 0.271 e. The van der Waals surface area contributed by atoms with E-state index in [0.29, 0.717) is 23.1 Å². The quantitative estimate of drug-likeness (QED) is 0.564. The minimum Gasteiger partial charge on any atom is -0.383 e. The molecule has 106 valence electrons. The number of nitrogens with one attached hydrogen (secondary N) is 1. The Morgan fingerprint density at radius 1 is 1.43 bits per heavy atom. The lowest BCUT2D eigenvalue weighted by Gasteiger charge is -2.01. The summed E-state index contributed by atoms with van der Waals surface area (Å²) in [5.74, 6) is 0.899. The largest absolute Gasteiger partial charge is 0.383 e. The molecule has 0 atom stereocenters. The Kier molecular flexibility index (Phi) is 2.29. The summed E-state index contributed by atoms with van der Waals surface area (Å²) in [7, 11) is 0. The van der Waals surface area contributed by atoms with Crippen LogP contribution in [0.1, 0.15) is 24.5 Å². The summed E-state index contributed by atoms with van der Waals surface area (Å²) in [4.78, 5) is 10.5. The van der Waals surface area contributed by atoms with Crippen molar-refractivity contribution in [2.24, 2.45) is 0 Å². The number of fused-ring (bicyclic) bond motifs is 1. The van der Waals surface area contributed by atoms with E-state index in [-0.39, 0.29) is 5.69 Å². The number of nitrogens with two attached hydrogens (primary N) is 1. The lowest BCUT2D eigenvalue weighted by atomic mass is 10.2. The van der Waals surface area contributed by atoms with Crippen molar-refractivity contribution < 1.29 is 4.92 Å². The van der Waals surface area contributed by atoms with Gasteiger partial charge >= 0.3 is 0 Å². The van der Waals surface area contributed by atoms with Crippen molar-refractivity contribution in [3.8, 4) is 5.69 Å². The van der Waals surface area contributed by atoms with Gasteiger partial charge in [-0.2, -0.15) is 10.2 Å². The van der Waals surface area contributed by atoms with Gasteiger partial charge in [0.2, 0.25) is 0 Å². The van der Waals surface area contributed by atoms with Crippen molar-refractivity contribution in [1.82, 2.24) is 20.0 Å². The third-order valence-electron chi connectivity index (χ3n) is 3.69. The van der Waals surface area contributed by atoms with Gasteiger partial charge in [0.05, 0.1) is 21.7 Å². The molecule has 0 spiro atoms. The zero-order chi connectivity index (χ0) is 14.6. The maximum absolute atomic E-state index is 10.9. The maximum Gasteiger partial charge on any atom is 0.271 e. The number of aromatic amines is 1. The maximum atomic E-state index is 10.9. The number of anilines is 1. The third kappa shape index (κ3) is 1.76. The van der Waals surface area contributed by atoms with E-state index in [1.54, 1.807) is 16.8 Å². The van der Waals surface area contributed by atoms with Crippen molar-refractivity contribution in [2.75, 3.05) is 5.73 Å². The molecule has 8 nitrogen and oxygen atoms in total. The topological polar surface area (TPSA) is 116 Å². The molecular weight excluding hydrogens is 272 g/mol. The van der Waals surface area contributed by atoms with Gasteiger partial charge in [-0.25, -0.2) is 4.68 Å². The number of benzene rings is 1. The van der Waals surface area contributed by atoms with Crippen LogP contribution in [0, 0.1) is 10.1 Å². The van der Waals surface area contributed by atoms with Gasteiger partial charge in [0.1, 0.15) is 5.82 Å². The standard InChI is InChI=1S/C13H12N6O2/c14-12-10-11(7-4-5-7)17-18(13(10)16-15-12)8-2-1-3-9(6-8)19(20)21/h1-3,6-7H,4-5H2,(H3,14,15,16). The number of nitrogen functional groups attached to an aromatic ring is 1. The van der Waals surface area contributed by atoms with E-state index < -0.39 is 4.92 Å². The molecule has 3 aromatic rings. The number of hydrogen-bond donors (Lipinski definition) is 2. The van der Waals surface area contributed by atoms with Crippen LogP contribution < -0.4 is 5.73 Å². The van der Waals surface area contributed by atoms with Gasteiger partial charge in [-0.3, -0.25) is 15.2 Å². The van der Waals surface area contributed by atoms with Crippen molar-refractivity contribution in [3.05, 3.63) is 40.1 Å². The Labute approximate surface area is 118 Å². The van der Waals surface area contributed by atoms with Gasteiger partial charge in [-0.15, -0.1) is 0 Å². The second kappa shape index (κ2) is 4.05. The number of aromatic nitrogens is 4. The average molecular weight is 284 g/mol. The zero-order valence-electron chi connectivity index (χ0n) is 11.0. The van der Waals surface area contributed by atoms with Crippen LogP contribution in [0.2, 0.25) is 0 Å². The lowest BCUT2D eigenvalue weighted by Crippen LogP contribution is -1.99. The van der Waals surface area contributed by atoms with Crippen LogP contribution in [0.15, 0.2) is 24.3 Å². The Bertz CT molecular complexity index is 861. The second-order valence-corrected chi connectivity index (χ2v) is 5.18. The number of hydrogen-bond acceptors (Lipinski definition) is 5. The molecule has 1 aliphatic carbocycles. The van der Waals surface area contributed by atoms with E-state index in [0.717, 1.165) is 23.9 Å². The molecule has 0 amide bonds. The van der Waals surface area contributed by atoms with E-state index in [1.165, 1.54) is 12.1 Å². The molecule has 4 rings (SSSR count). The van der Waals surface area contributed by atoms with Gasteiger partial charge in [-0.1, -0.05) is 6.07 Å². The Balaban J connectivity index is 1.94. The molecule has 1 saturated carbocycles. The van der Waals surface area contributed by atoms with E-state index in [9.17, 15) is 10.1 Å². The van der Waals surface area contributed by atoms with Gasteiger partial charge in [-0.05, 0) is 18.9 Å². The Morgan fingerprint density at radius 3 is 2.95 bits per heavy atom. The molecule has 8 heteroatoms. The third-order valence-corrected chi connectivity index (χ3v) is 3.69. The molecule has 21 heavy (non-hydrogen) atoms. The summed E-state index contributed by atoms with van der Waals surface area (Å²) in [5.41, 5.74) is 8.08. The highest BCUT2D eigenvalue weighted by molar-refractivity contribution is 5.90. The first kappa shape index (κ1) is 11.9. The molecule has 0 bridgehead atoms. The van der Waals surface area contributed by atoms with Crippen LogP contribution >= 0.6 is 0 Å². The monoisotopic (exact) mass is 284 g/mol. The first-order valence-electron chi connectivity index (χ1n) is 6.62. The van der Waals surface area contributed by atoms with Crippen molar-refractivity contribution >= 4 is 22.5 Å². The van der Waals surface area contributed by atoms with E-state index in [1.807, 2.05) is 0 Å². The molecule has 0 unspecified atom stereocenters. The van der Waals surface area contributed by atoms with E-state index in [2.05, 4.69) is 15.3 Å². The fraction of sp³-hybridized carbons (Fsp3) is 0.231. The summed E-state index contributed by atoms with van der Waals surface area (Å²) in [6, 6.07) is 6.33. The minimum atomic E-state index is -0.426. The van der Waals surface area contributed by atoms with Gasteiger partial charge in [0.15, 0.2) is 5.65 Å². The lowest BCUT2D eigenvalue weighted by molar-refractivity contribution is -0.384. The molecular formula is C13H12N6O2. The number of non-ortho nitro benzene ring substituents is 1. The predicted molar refractivity (Wildman–Crippen MR) is 76.3 cm³/mol. The number of rotatable bonds is 3. The second-order valence-electron chi connectivity index (χ2n) is 5.18. The minimum absolute atomic E-state index is 0.0210. The zero-order valence-corrected chi connectivity index (χ0v) is 11.0. The number of H-pyrrole nitrogens is 1. The molecule has 0 radical (unpaired) electrons. The van der Waals surface area contributed by atoms with Gasteiger partial charge in [0.25, 0.3) is 5.69 Å². The van der Waals surface area contributed by atoms with E-state index >= 15 is 0 Å². The molecule has 2 aromatic heterocycles. The molecule has 1 fully saturated rings. The summed E-state index contributed by atoms with van der Waals surface area (Å²) in [6.07, 6.45) is 2.18. The summed E-state index contributed by atoms with van der Waals surface area (Å²) < 4.78 is 1.61. The first-order valence-corrected chi connectivity index (χ1v) is 6.62. The first-order chi connectivity index (χ1) is 10.1. The summed E-state index contributed by atoms with van der Waals surface area (Å²) in [5, 5.41) is 23.2. The highest BCUT2D eigenvalue weighted by atomic mass is 16.6. The molecule has 3 N–H and O–H groups in total. The molecule has 2 heterocycles. The average Bonchev–Trinajstić information content (AvgIpc) is 3.15. The van der Waals surface area contributed by atoms with Gasteiger partial charge in [0, 0.05) is 18.1 Å². The molecule has 1 aliphatic rings. The van der Waals surface area contributed by atoms with Crippen molar-refractivity contribution in [2.45, 2.75) is 18.8 Å². The normalized spacial score (nSPS) is 14.7. The van der Waals surface area contributed by atoms with Gasteiger partial charge < -0.3 is 5.73 Å². The molecule has 1 aromatic carbocycles. The van der Waals surface area contributed by atoms with Crippen molar-refractivity contribution in [3.63, 3.8) is 0 Å². The van der Waals surface area contributed by atoms with Crippen LogP contribution in [-0.2, 0) is 0 Å². The van der Waals surface area contributed by atoms with E-state index in [4.69, 9.17) is 5.73 Å². The van der Waals surface area contributed by atoms with Crippen LogP contribution in [0.5, 0.6) is 0 Å².